The molecule has 0 aromatic rings. The summed E-state index contributed by atoms with van der Waals surface area (Å²) < 4.78 is 0. The first kappa shape index (κ1) is 18.0. The predicted molar refractivity (Wildman–Crippen MR) is 49.7 cm³/mol. The van der Waals surface area contributed by atoms with Gasteiger partial charge >= 0.3 is 12.3 Å². The molecule has 82 valence electrons. The largest absolute Gasteiger partial charge is 0.503 e. The first-order valence-electron chi connectivity index (χ1n) is 3.67. The van der Waals surface area contributed by atoms with E-state index in [1.54, 1.807) is 0 Å². The minimum absolute atomic E-state index is 0.994. The Morgan fingerprint density at radius 1 is 0.857 bits per heavy atom. The normalized spacial score (nSPS) is 6.14. The van der Waals surface area contributed by atoms with E-state index in [0.717, 1.165) is 12.8 Å². The van der Waals surface area contributed by atoms with Crippen molar-refractivity contribution in [2.75, 3.05) is 0 Å². The van der Waals surface area contributed by atoms with Gasteiger partial charge in [-0.1, -0.05) is 13.8 Å². The number of rotatable bonds is 0. The van der Waals surface area contributed by atoms with Crippen molar-refractivity contribution >= 4 is 12.3 Å². The Labute approximate surface area is 81.8 Å². The van der Waals surface area contributed by atoms with Crippen molar-refractivity contribution in [2.24, 2.45) is 0 Å². The minimum Gasteiger partial charge on any atom is -0.450 e. The van der Waals surface area contributed by atoms with Gasteiger partial charge in [-0.2, -0.15) is 0 Å². The second-order valence-electron chi connectivity index (χ2n) is 1.63. The van der Waals surface area contributed by atoms with Crippen LogP contribution in [-0.2, 0) is 0 Å². The molecule has 0 atom stereocenters. The summed E-state index contributed by atoms with van der Waals surface area (Å²) in [7, 11) is 0. The molecule has 0 aliphatic rings. The molecule has 6 nitrogen and oxygen atoms in total. The summed E-state index contributed by atoms with van der Waals surface area (Å²) in [5, 5.41) is 27.9. The Hall–Kier alpha value is -1.90. The second-order valence-corrected chi connectivity index (χ2v) is 1.63. The van der Waals surface area contributed by atoms with E-state index < -0.39 is 12.3 Å². The van der Waals surface area contributed by atoms with Gasteiger partial charge in [0, 0.05) is 12.8 Å². The van der Waals surface area contributed by atoms with Gasteiger partial charge in [0.1, 0.15) is 0 Å². The van der Waals surface area contributed by atoms with Crippen molar-refractivity contribution in [3.8, 4) is 11.8 Å². The predicted octanol–water partition coefficient (Wildman–Crippen LogP) is 2.25. The summed E-state index contributed by atoms with van der Waals surface area (Å²) in [6, 6.07) is 0. The van der Waals surface area contributed by atoms with E-state index in [0.29, 0.717) is 0 Å². The van der Waals surface area contributed by atoms with Gasteiger partial charge in [-0.15, -0.1) is 11.8 Å². The topological polar surface area (TPSA) is 115 Å². The van der Waals surface area contributed by atoms with Gasteiger partial charge in [0.15, 0.2) is 0 Å². The van der Waals surface area contributed by atoms with Gasteiger partial charge in [-0.3, -0.25) is 0 Å². The molecule has 0 aromatic carbocycles. The monoisotopic (exact) mass is 206 g/mol. The molecule has 0 rings (SSSR count). The second kappa shape index (κ2) is 17.3. The molecule has 6 heteroatoms. The zero-order valence-corrected chi connectivity index (χ0v) is 8.02. The van der Waals surface area contributed by atoms with Gasteiger partial charge in [0.2, 0.25) is 0 Å². The van der Waals surface area contributed by atoms with Gasteiger partial charge in [-0.25, -0.2) is 9.59 Å². The Balaban J connectivity index is -0.000000135. The molecule has 0 saturated heterocycles. The first-order valence-corrected chi connectivity index (χ1v) is 3.67. The number of hydrogen-bond acceptors (Lipinski definition) is 2. The Morgan fingerprint density at radius 2 is 1.00 bits per heavy atom. The molecular formula is C8H14O6. The Kier molecular flexibility index (Phi) is 22.2. The van der Waals surface area contributed by atoms with E-state index in [4.69, 9.17) is 30.0 Å². The Bertz CT molecular complexity index is 172. The van der Waals surface area contributed by atoms with Crippen LogP contribution in [-0.4, -0.2) is 32.7 Å². The summed E-state index contributed by atoms with van der Waals surface area (Å²) in [5.74, 6) is 5.90. The maximum Gasteiger partial charge on any atom is 0.503 e. The molecule has 0 heterocycles. The average molecular weight is 206 g/mol. The molecule has 0 saturated carbocycles. The van der Waals surface area contributed by atoms with Crippen molar-refractivity contribution in [1.82, 2.24) is 0 Å². The molecule has 0 aliphatic carbocycles. The lowest BCUT2D eigenvalue weighted by Gasteiger charge is -1.65. The van der Waals surface area contributed by atoms with Gasteiger partial charge in [0.25, 0.3) is 0 Å². The highest BCUT2D eigenvalue weighted by Gasteiger charge is 1.70. The van der Waals surface area contributed by atoms with Gasteiger partial charge < -0.3 is 20.4 Å². The maximum atomic E-state index is 8.56. The number of carboxylic acid groups (broad SMARTS) is 4. The van der Waals surface area contributed by atoms with Crippen LogP contribution in [0.2, 0.25) is 0 Å². The molecule has 0 aliphatic heterocycles. The number of hydrogen-bond donors (Lipinski definition) is 4. The summed E-state index contributed by atoms with van der Waals surface area (Å²) in [6.45, 7) is 4.12. The molecule has 0 spiro atoms. The first-order chi connectivity index (χ1) is 6.38. The van der Waals surface area contributed by atoms with Crippen LogP contribution in [0.5, 0.6) is 0 Å². The summed E-state index contributed by atoms with van der Waals surface area (Å²) in [4.78, 5) is 17.1. The highest BCUT2D eigenvalue weighted by molar-refractivity contribution is 5.53. The lowest BCUT2D eigenvalue weighted by atomic mass is 10.4. The van der Waals surface area contributed by atoms with E-state index in [1.807, 2.05) is 0 Å². The summed E-state index contributed by atoms with van der Waals surface area (Å²) >= 11 is 0. The van der Waals surface area contributed by atoms with Crippen LogP contribution in [0.15, 0.2) is 0 Å². The van der Waals surface area contributed by atoms with Crippen LogP contribution in [0.3, 0.4) is 0 Å². The van der Waals surface area contributed by atoms with E-state index in [2.05, 4.69) is 25.7 Å². The zero-order valence-electron chi connectivity index (χ0n) is 8.02. The third-order valence-corrected chi connectivity index (χ3v) is 0.479. The lowest BCUT2D eigenvalue weighted by molar-refractivity contribution is 0.135. The summed E-state index contributed by atoms with van der Waals surface area (Å²) in [6.07, 6.45) is -1.68. The average Bonchev–Trinajstić information content (AvgIpc) is 1.98. The third-order valence-electron chi connectivity index (χ3n) is 0.479. The van der Waals surface area contributed by atoms with E-state index in [9.17, 15) is 0 Å². The van der Waals surface area contributed by atoms with Crippen molar-refractivity contribution in [3.05, 3.63) is 0 Å². The van der Waals surface area contributed by atoms with Crippen LogP contribution in [0.25, 0.3) is 0 Å². The highest BCUT2D eigenvalue weighted by Crippen LogP contribution is 1.69. The maximum absolute atomic E-state index is 8.56. The van der Waals surface area contributed by atoms with Gasteiger partial charge in [-0.05, 0) is 0 Å². The molecule has 14 heavy (non-hydrogen) atoms. The summed E-state index contributed by atoms with van der Waals surface area (Å²) in [5.41, 5.74) is 0. The molecule has 0 fully saturated rings. The quantitative estimate of drug-likeness (QED) is 0.452. The smallest absolute Gasteiger partial charge is 0.450 e. The van der Waals surface area contributed by atoms with Crippen LogP contribution < -0.4 is 0 Å². The van der Waals surface area contributed by atoms with Gasteiger partial charge in [0.05, 0.1) is 0 Å². The standard InChI is InChI=1S/C6H10.2CH2O3/c1-3-5-6-4-2;2*2-1(3)4/h3-4H2,1-2H3;2*(H2,2,3,4). The third kappa shape index (κ3) is 691. The van der Waals surface area contributed by atoms with Crippen molar-refractivity contribution in [2.45, 2.75) is 26.7 Å². The van der Waals surface area contributed by atoms with Crippen molar-refractivity contribution in [3.63, 3.8) is 0 Å². The molecule has 0 unspecified atom stereocenters. The van der Waals surface area contributed by atoms with Crippen LogP contribution in [0.1, 0.15) is 26.7 Å². The highest BCUT2D eigenvalue weighted by atomic mass is 16.6. The van der Waals surface area contributed by atoms with Crippen LogP contribution in [0.4, 0.5) is 9.59 Å². The minimum atomic E-state index is -1.83. The fraction of sp³-hybridized carbons (Fsp3) is 0.500. The lowest BCUT2D eigenvalue weighted by Crippen LogP contribution is -1.81. The SMILES string of the molecule is CCC#CCC.O=C(O)O.O=C(O)O. The molecule has 0 bridgehead atoms. The molecular weight excluding hydrogens is 192 g/mol. The fourth-order valence-corrected chi connectivity index (χ4v) is 0.250. The van der Waals surface area contributed by atoms with E-state index in [-0.39, 0.29) is 0 Å². The van der Waals surface area contributed by atoms with Crippen LogP contribution in [0, 0.1) is 11.8 Å². The molecule has 4 N–H and O–H groups in total. The molecule has 0 amide bonds. The zero-order chi connectivity index (χ0) is 12.0. The number of carbonyl (C=O) groups is 2. The van der Waals surface area contributed by atoms with Crippen molar-refractivity contribution < 1.29 is 30.0 Å². The van der Waals surface area contributed by atoms with E-state index >= 15 is 0 Å². The van der Waals surface area contributed by atoms with E-state index in [1.165, 1.54) is 0 Å². The Morgan fingerprint density at radius 3 is 1.07 bits per heavy atom. The van der Waals surface area contributed by atoms with Crippen molar-refractivity contribution in [1.29, 1.82) is 0 Å². The molecule has 0 radical (unpaired) electrons. The fourth-order valence-electron chi connectivity index (χ4n) is 0.250. The molecule has 0 aromatic heterocycles. The van der Waals surface area contributed by atoms with Crippen LogP contribution >= 0.6 is 0 Å².